The summed E-state index contributed by atoms with van der Waals surface area (Å²) in [6, 6.07) is 8.61. The van der Waals surface area contributed by atoms with Gasteiger partial charge in [-0.05, 0) is 24.3 Å². The molecule has 0 atom stereocenters. The Morgan fingerprint density at radius 3 is 2.80 bits per heavy atom. The van der Waals surface area contributed by atoms with E-state index in [4.69, 9.17) is 5.11 Å². The Morgan fingerprint density at radius 2 is 2.05 bits per heavy atom. The van der Waals surface area contributed by atoms with Gasteiger partial charge < -0.3 is 5.11 Å². The van der Waals surface area contributed by atoms with E-state index in [1.54, 1.807) is 42.7 Å². The molecule has 0 fully saturated rings. The highest BCUT2D eigenvalue weighted by molar-refractivity contribution is 6.03. The van der Waals surface area contributed by atoms with Crippen LogP contribution in [0.5, 0.6) is 0 Å². The van der Waals surface area contributed by atoms with E-state index in [1.165, 1.54) is 0 Å². The lowest BCUT2D eigenvalue weighted by Crippen LogP contribution is -2.13. The molecular weight excluding hydrogens is 254 g/mol. The molecule has 5 nitrogen and oxygen atoms in total. The number of benzene rings is 1. The Balaban J connectivity index is 2.11. The molecule has 0 saturated carbocycles. The van der Waals surface area contributed by atoms with Crippen molar-refractivity contribution in [2.75, 3.05) is 11.9 Å². The second kappa shape index (κ2) is 7.02. The molecule has 0 spiro atoms. The lowest BCUT2D eigenvalue weighted by molar-refractivity contribution is 0.102. The van der Waals surface area contributed by atoms with Crippen molar-refractivity contribution < 1.29 is 9.90 Å². The Bertz CT molecular complexity index is 645. The third-order valence-corrected chi connectivity index (χ3v) is 2.39. The molecule has 2 N–H and O–H groups in total. The number of anilines is 1. The smallest absolute Gasteiger partial charge is 0.258 e. The van der Waals surface area contributed by atoms with E-state index in [0.717, 1.165) is 5.56 Å². The molecule has 0 unspecified atom stereocenters. The minimum atomic E-state index is -0.290. The molecule has 2 aromatic rings. The average molecular weight is 267 g/mol. The summed E-state index contributed by atoms with van der Waals surface area (Å²) in [5.41, 5.74) is 1.20. The van der Waals surface area contributed by atoms with E-state index in [2.05, 4.69) is 27.1 Å². The predicted molar refractivity (Wildman–Crippen MR) is 75.0 cm³/mol. The van der Waals surface area contributed by atoms with Gasteiger partial charge in [0.15, 0.2) is 0 Å². The quantitative estimate of drug-likeness (QED) is 0.826. The van der Waals surface area contributed by atoms with Crippen LogP contribution in [0.4, 0.5) is 5.95 Å². The van der Waals surface area contributed by atoms with Crippen LogP contribution in [0.2, 0.25) is 0 Å². The molecule has 2 rings (SSSR count). The summed E-state index contributed by atoms with van der Waals surface area (Å²) < 4.78 is 0. The van der Waals surface area contributed by atoms with Crippen LogP contribution in [-0.2, 0) is 0 Å². The number of nitrogens with one attached hydrogen (secondary N) is 1. The molecule has 100 valence electrons. The van der Waals surface area contributed by atoms with Gasteiger partial charge in [0.25, 0.3) is 5.91 Å². The lowest BCUT2D eigenvalue weighted by Gasteiger charge is -2.03. The van der Waals surface area contributed by atoms with Crippen molar-refractivity contribution in [3.05, 3.63) is 53.9 Å². The standard InChI is InChI=1S/C15H13N3O2/c19-10-2-1-5-12-6-3-7-13(11-12)14(20)18-15-16-8-4-9-17-15/h3-4,6-9,11,19H,2,10H2,(H,16,17,18,20). The molecular formula is C15H13N3O2. The average Bonchev–Trinajstić information content (AvgIpc) is 2.49. The minimum Gasteiger partial charge on any atom is -0.395 e. The van der Waals surface area contributed by atoms with Crippen LogP contribution >= 0.6 is 0 Å². The van der Waals surface area contributed by atoms with Gasteiger partial charge in [-0.25, -0.2) is 9.97 Å². The van der Waals surface area contributed by atoms with Crippen LogP contribution in [0.1, 0.15) is 22.3 Å². The van der Waals surface area contributed by atoms with Crippen LogP contribution in [0.25, 0.3) is 0 Å². The van der Waals surface area contributed by atoms with Crippen LogP contribution in [-0.4, -0.2) is 27.6 Å². The van der Waals surface area contributed by atoms with E-state index in [-0.39, 0.29) is 18.5 Å². The highest BCUT2D eigenvalue weighted by atomic mass is 16.2. The third-order valence-electron chi connectivity index (χ3n) is 2.39. The summed E-state index contributed by atoms with van der Waals surface area (Å²) >= 11 is 0. The van der Waals surface area contributed by atoms with E-state index in [9.17, 15) is 4.79 Å². The van der Waals surface area contributed by atoms with Crippen LogP contribution in [0.3, 0.4) is 0 Å². The predicted octanol–water partition coefficient (Wildman–Crippen LogP) is 1.46. The number of carbonyl (C=O) groups is 1. The molecule has 0 saturated heterocycles. The van der Waals surface area contributed by atoms with Gasteiger partial charge >= 0.3 is 0 Å². The topological polar surface area (TPSA) is 75.1 Å². The van der Waals surface area contributed by atoms with Crippen molar-refractivity contribution >= 4 is 11.9 Å². The highest BCUT2D eigenvalue weighted by Gasteiger charge is 2.07. The molecule has 0 aliphatic heterocycles. The molecule has 0 bridgehead atoms. The molecule has 1 heterocycles. The molecule has 1 aromatic heterocycles. The second-order valence-corrected chi connectivity index (χ2v) is 3.88. The molecule has 1 aromatic carbocycles. The van der Waals surface area contributed by atoms with Gasteiger partial charge in [0.1, 0.15) is 0 Å². The summed E-state index contributed by atoms with van der Waals surface area (Å²) in [6.45, 7) is 0.0263. The van der Waals surface area contributed by atoms with Crippen molar-refractivity contribution in [3.8, 4) is 11.8 Å². The number of rotatable bonds is 3. The van der Waals surface area contributed by atoms with E-state index >= 15 is 0 Å². The Morgan fingerprint density at radius 1 is 1.25 bits per heavy atom. The number of amides is 1. The Labute approximate surface area is 116 Å². The fourth-order valence-electron chi connectivity index (χ4n) is 1.50. The van der Waals surface area contributed by atoms with Gasteiger partial charge in [0.05, 0.1) is 6.61 Å². The van der Waals surface area contributed by atoms with E-state index in [0.29, 0.717) is 12.0 Å². The molecule has 0 aliphatic carbocycles. The zero-order valence-corrected chi connectivity index (χ0v) is 10.7. The van der Waals surface area contributed by atoms with Crippen molar-refractivity contribution in [1.29, 1.82) is 0 Å². The lowest BCUT2D eigenvalue weighted by atomic mass is 10.1. The Kier molecular flexibility index (Phi) is 4.81. The van der Waals surface area contributed by atoms with Gasteiger partial charge in [-0.15, -0.1) is 0 Å². The first-order chi connectivity index (χ1) is 9.79. The van der Waals surface area contributed by atoms with Crippen molar-refractivity contribution in [2.24, 2.45) is 0 Å². The van der Waals surface area contributed by atoms with Crippen molar-refractivity contribution in [2.45, 2.75) is 6.42 Å². The van der Waals surface area contributed by atoms with Crippen LogP contribution < -0.4 is 5.32 Å². The largest absolute Gasteiger partial charge is 0.395 e. The molecule has 20 heavy (non-hydrogen) atoms. The minimum absolute atomic E-state index is 0.0263. The number of hydrogen-bond acceptors (Lipinski definition) is 4. The van der Waals surface area contributed by atoms with Crippen molar-refractivity contribution in [1.82, 2.24) is 9.97 Å². The van der Waals surface area contributed by atoms with Crippen LogP contribution in [0, 0.1) is 11.8 Å². The first-order valence-electron chi connectivity index (χ1n) is 6.08. The number of hydrogen-bond donors (Lipinski definition) is 2. The zero-order valence-electron chi connectivity index (χ0n) is 10.7. The molecule has 0 radical (unpaired) electrons. The monoisotopic (exact) mass is 267 g/mol. The molecule has 1 amide bonds. The second-order valence-electron chi connectivity index (χ2n) is 3.88. The highest BCUT2D eigenvalue weighted by Crippen LogP contribution is 2.06. The number of aliphatic hydroxyl groups is 1. The zero-order chi connectivity index (χ0) is 14.2. The third kappa shape index (κ3) is 3.90. The summed E-state index contributed by atoms with van der Waals surface area (Å²) in [6.07, 6.45) is 3.52. The molecule has 0 aliphatic rings. The van der Waals surface area contributed by atoms with Gasteiger partial charge in [-0.1, -0.05) is 17.9 Å². The Hall–Kier alpha value is -2.71. The van der Waals surface area contributed by atoms with E-state index in [1.807, 2.05) is 0 Å². The van der Waals surface area contributed by atoms with Gasteiger partial charge in [0, 0.05) is 29.9 Å². The van der Waals surface area contributed by atoms with Crippen molar-refractivity contribution in [3.63, 3.8) is 0 Å². The van der Waals surface area contributed by atoms with E-state index < -0.39 is 0 Å². The number of nitrogens with zero attached hydrogens (tertiary/aromatic N) is 2. The summed E-state index contributed by atoms with van der Waals surface area (Å²) in [4.78, 5) is 19.9. The first kappa shape index (κ1) is 13.7. The summed E-state index contributed by atoms with van der Waals surface area (Å²) in [7, 11) is 0. The van der Waals surface area contributed by atoms with Gasteiger partial charge in [-0.3, -0.25) is 10.1 Å². The normalized spacial score (nSPS) is 9.45. The number of aliphatic hydroxyl groups excluding tert-OH is 1. The van der Waals surface area contributed by atoms with Gasteiger partial charge in [0.2, 0.25) is 5.95 Å². The maximum absolute atomic E-state index is 12.0. The fourth-order valence-corrected chi connectivity index (χ4v) is 1.50. The SMILES string of the molecule is O=C(Nc1ncccn1)c1cccc(C#CCCO)c1. The first-order valence-corrected chi connectivity index (χ1v) is 6.08. The summed E-state index contributed by atoms with van der Waals surface area (Å²) in [5, 5.41) is 11.3. The maximum atomic E-state index is 12.0. The maximum Gasteiger partial charge on any atom is 0.258 e. The summed E-state index contributed by atoms with van der Waals surface area (Å²) in [5.74, 6) is 5.66. The van der Waals surface area contributed by atoms with Crippen LogP contribution in [0.15, 0.2) is 42.7 Å². The number of carbonyl (C=O) groups excluding carboxylic acids is 1. The van der Waals surface area contributed by atoms with Gasteiger partial charge in [-0.2, -0.15) is 0 Å². The fraction of sp³-hybridized carbons (Fsp3) is 0.133. The number of aromatic nitrogens is 2. The molecule has 5 heteroatoms.